The van der Waals surface area contributed by atoms with Gasteiger partial charge in [-0.05, 0) is 18.4 Å². The van der Waals surface area contributed by atoms with Gasteiger partial charge in [-0.1, -0.05) is 30.3 Å². The average Bonchev–Trinajstić information content (AvgIpc) is 2.39. The van der Waals surface area contributed by atoms with Crippen LogP contribution in [0.25, 0.3) is 0 Å². The van der Waals surface area contributed by atoms with Crippen LogP contribution in [0, 0.1) is 11.3 Å². The van der Waals surface area contributed by atoms with E-state index >= 15 is 0 Å². The molecule has 2 N–H and O–H groups in total. The van der Waals surface area contributed by atoms with E-state index in [0.29, 0.717) is 12.8 Å². The summed E-state index contributed by atoms with van der Waals surface area (Å²) in [7, 11) is -3.34. The molecular weight excluding hydrogens is 264 g/mol. The average molecular weight is 282 g/mol. The fourth-order valence-electron chi connectivity index (χ4n) is 1.61. The molecule has 104 valence electrons. The van der Waals surface area contributed by atoms with Gasteiger partial charge in [0, 0.05) is 13.0 Å². The normalized spacial score (nSPS) is 12.8. The fourth-order valence-corrected chi connectivity index (χ4v) is 2.70. The molecule has 0 bridgehead atoms. The van der Waals surface area contributed by atoms with Crippen LogP contribution in [0.5, 0.6) is 0 Å². The van der Waals surface area contributed by atoms with Crippen molar-refractivity contribution in [2.24, 2.45) is 0 Å². The Morgan fingerprint density at radius 3 is 2.63 bits per heavy atom. The molecular formula is C13H18N2O3S. The maximum Gasteiger partial charge on any atom is 0.211 e. The Kier molecular flexibility index (Phi) is 6.50. The second-order valence-corrected chi connectivity index (χ2v) is 6.12. The highest BCUT2D eigenvalue weighted by molar-refractivity contribution is 7.89. The second kappa shape index (κ2) is 7.89. The van der Waals surface area contributed by atoms with Crippen molar-refractivity contribution in [1.29, 1.82) is 5.26 Å². The van der Waals surface area contributed by atoms with Gasteiger partial charge in [0.25, 0.3) is 0 Å². The van der Waals surface area contributed by atoms with Crippen molar-refractivity contribution in [1.82, 2.24) is 4.72 Å². The topological polar surface area (TPSA) is 90.2 Å². The molecule has 5 nitrogen and oxygen atoms in total. The number of nitrogens with zero attached hydrogens (tertiary/aromatic N) is 1. The molecule has 0 aromatic heterocycles. The van der Waals surface area contributed by atoms with E-state index in [9.17, 15) is 13.5 Å². The van der Waals surface area contributed by atoms with Gasteiger partial charge in [-0.3, -0.25) is 0 Å². The lowest BCUT2D eigenvalue weighted by Gasteiger charge is -2.11. The number of benzene rings is 1. The molecule has 0 aliphatic rings. The molecule has 19 heavy (non-hydrogen) atoms. The number of hydrogen-bond acceptors (Lipinski definition) is 4. The molecule has 1 aromatic carbocycles. The van der Waals surface area contributed by atoms with Crippen LogP contribution in [-0.2, 0) is 10.0 Å². The first-order chi connectivity index (χ1) is 9.05. The van der Waals surface area contributed by atoms with E-state index in [4.69, 9.17) is 5.26 Å². The van der Waals surface area contributed by atoms with Gasteiger partial charge in [-0.25, -0.2) is 13.1 Å². The van der Waals surface area contributed by atoms with Gasteiger partial charge < -0.3 is 5.11 Å². The lowest BCUT2D eigenvalue weighted by atomic mass is 10.1. The predicted molar refractivity (Wildman–Crippen MR) is 72.7 cm³/mol. The van der Waals surface area contributed by atoms with Crippen LogP contribution in [0.4, 0.5) is 0 Å². The quantitative estimate of drug-likeness (QED) is 0.704. The number of sulfonamides is 1. The zero-order valence-electron chi connectivity index (χ0n) is 10.6. The molecule has 0 heterocycles. The van der Waals surface area contributed by atoms with Gasteiger partial charge in [0.15, 0.2) is 0 Å². The number of nitrogens with one attached hydrogen (secondary N) is 1. The highest BCUT2D eigenvalue weighted by Gasteiger charge is 2.11. The molecule has 0 saturated carbocycles. The molecule has 1 unspecified atom stereocenters. The number of aliphatic hydroxyl groups is 1. The van der Waals surface area contributed by atoms with Crippen molar-refractivity contribution in [2.75, 3.05) is 12.3 Å². The summed E-state index contributed by atoms with van der Waals surface area (Å²) in [5, 5.41) is 18.2. The second-order valence-electron chi connectivity index (χ2n) is 4.19. The number of hydrogen-bond donors (Lipinski definition) is 2. The Bertz CT molecular complexity index is 508. The van der Waals surface area contributed by atoms with Gasteiger partial charge in [0.1, 0.15) is 0 Å². The Labute approximate surface area is 113 Å². The lowest BCUT2D eigenvalue weighted by Crippen LogP contribution is -2.28. The summed E-state index contributed by atoms with van der Waals surface area (Å²) in [6, 6.07) is 11.0. The minimum atomic E-state index is -3.34. The molecule has 0 radical (unpaired) electrons. The van der Waals surface area contributed by atoms with Crippen LogP contribution in [-0.4, -0.2) is 25.8 Å². The standard InChI is InChI=1S/C13H18N2O3S/c14-9-4-5-11-19(17,18)15-10-8-13(16)12-6-2-1-3-7-12/h1-3,6-7,13,15-16H,4-5,8,10-11H2. The van der Waals surface area contributed by atoms with E-state index in [1.54, 1.807) is 12.1 Å². The van der Waals surface area contributed by atoms with Crippen LogP contribution in [0.2, 0.25) is 0 Å². The van der Waals surface area contributed by atoms with Crippen molar-refractivity contribution in [2.45, 2.75) is 25.4 Å². The fraction of sp³-hybridized carbons (Fsp3) is 0.462. The minimum Gasteiger partial charge on any atom is -0.388 e. The summed E-state index contributed by atoms with van der Waals surface area (Å²) >= 11 is 0. The Morgan fingerprint density at radius 2 is 2.00 bits per heavy atom. The Morgan fingerprint density at radius 1 is 1.32 bits per heavy atom. The predicted octanol–water partition coefficient (Wildman–Crippen LogP) is 1.33. The first kappa shape index (κ1) is 15.6. The summed E-state index contributed by atoms with van der Waals surface area (Å²) in [4.78, 5) is 0. The molecule has 0 amide bonds. The SMILES string of the molecule is N#CCCCS(=O)(=O)NCCC(O)c1ccccc1. The molecule has 1 atom stereocenters. The summed E-state index contributed by atoms with van der Waals surface area (Å²) in [5.74, 6) is -0.0536. The summed E-state index contributed by atoms with van der Waals surface area (Å²) in [5.41, 5.74) is 0.770. The molecule has 0 fully saturated rings. The maximum absolute atomic E-state index is 11.5. The van der Waals surface area contributed by atoms with Gasteiger partial charge >= 0.3 is 0 Å². The molecule has 6 heteroatoms. The van der Waals surface area contributed by atoms with Crippen LogP contribution < -0.4 is 4.72 Å². The summed E-state index contributed by atoms with van der Waals surface area (Å²) < 4.78 is 25.5. The third-order valence-corrected chi connectivity index (χ3v) is 4.10. The highest BCUT2D eigenvalue weighted by atomic mass is 32.2. The van der Waals surface area contributed by atoms with Crippen molar-refractivity contribution in [3.63, 3.8) is 0 Å². The number of rotatable bonds is 8. The van der Waals surface area contributed by atoms with Crippen molar-refractivity contribution in [3.8, 4) is 6.07 Å². The molecule has 0 aliphatic heterocycles. The van der Waals surface area contributed by atoms with Crippen LogP contribution >= 0.6 is 0 Å². The van der Waals surface area contributed by atoms with E-state index in [-0.39, 0.29) is 18.7 Å². The van der Waals surface area contributed by atoms with Gasteiger partial charge in [-0.15, -0.1) is 0 Å². The summed E-state index contributed by atoms with van der Waals surface area (Å²) in [6.45, 7) is 0.185. The van der Waals surface area contributed by atoms with Crippen LogP contribution in [0.3, 0.4) is 0 Å². The smallest absolute Gasteiger partial charge is 0.211 e. The molecule has 1 aromatic rings. The number of aliphatic hydroxyl groups excluding tert-OH is 1. The Balaban J connectivity index is 2.32. The van der Waals surface area contributed by atoms with E-state index in [2.05, 4.69) is 4.72 Å². The lowest BCUT2D eigenvalue weighted by molar-refractivity contribution is 0.169. The van der Waals surface area contributed by atoms with Crippen molar-refractivity contribution in [3.05, 3.63) is 35.9 Å². The Hall–Kier alpha value is -1.42. The molecule has 0 saturated heterocycles. The molecule has 0 aliphatic carbocycles. The largest absolute Gasteiger partial charge is 0.388 e. The summed E-state index contributed by atoms with van der Waals surface area (Å²) in [6.07, 6.45) is 0.199. The molecule has 0 spiro atoms. The van der Waals surface area contributed by atoms with Crippen molar-refractivity contribution < 1.29 is 13.5 Å². The van der Waals surface area contributed by atoms with E-state index < -0.39 is 16.1 Å². The van der Waals surface area contributed by atoms with Crippen LogP contribution in [0.1, 0.15) is 30.9 Å². The van der Waals surface area contributed by atoms with E-state index in [1.165, 1.54) is 0 Å². The zero-order valence-corrected chi connectivity index (χ0v) is 11.4. The maximum atomic E-state index is 11.5. The zero-order chi connectivity index (χ0) is 14.1. The highest BCUT2D eigenvalue weighted by Crippen LogP contribution is 2.15. The minimum absolute atomic E-state index is 0.0536. The monoisotopic (exact) mass is 282 g/mol. The van der Waals surface area contributed by atoms with E-state index in [1.807, 2.05) is 24.3 Å². The van der Waals surface area contributed by atoms with E-state index in [0.717, 1.165) is 5.56 Å². The first-order valence-corrected chi connectivity index (χ1v) is 7.77. The molecule has 1 rings (SSSR count). The third kappa shape index (κ3) is 6.34. The van der Waals surface area contributed by atoms with Gasteiger partial charge in [-0.2, -0.15) is 5.26 Å². The number of nitriles is 1. The van der Waals surface area contributed by atoms with Gasteiger partial charge in [0.05, 0.1) is 17.9 Å². The number of unbranched alkanes of at least 4 members (excludes halogenated alkanes) is 1. The van der Waals surface area contributed by atoms with Crippen LogP contribution in [0.15, 0.2) is 30.3 Å². The third-order valence-electron chi connectivity index (χ3n) is 2.63. The van der Waals surface area contributed by atoms with Gasteiger partial charge in [0.2, 0.25) is 10.0 Å². The first-order valence-electron chi connectivity index (χ1n) is 6.12. The van der Waals surface area contributed by atoms with Crippen molar-refractivity contribution >= 4 is 10.0 Å².